The molecule has 1 saturated heterocycles. The summed E-state index contributed by atoms with van der Waals surface area (Å²) in [6.45, 7) is 5.14. The number of nitrogens with zero attached hydrogens (tertiary/aromatic N) is 1. The van der Waals surface area contributed by atoms with Crippen molar-refractivity contribution in [2.24, 2.45) is 0 Å². The number of ether oxygens (including phenoxy) is 2. The second-order valence-electron chi connectivity index (χ2n) is 4.25. The average Bonchev–Trinajstić information content (AvgIpc) is 2.41. The lowest BCUT2D eigenvalue weighted by molar-refractivity contribution is -0.120. The Balaban J connectivity index is 2.33. The third-order valence-electron chi connectivity index (χ3n) is 2.89. The van der Waals surface area contributed by atoms with Gasteiger partial charge in [-0.2, -0.15) is 0 Å². The summed E-state index contributed by atoms with van der Waals surface area (Å²) in [5.41, 5.74) is 0.614. The summed E-state index contributed by atoms with van der Waals surface area (Å²) in [4.78, 5) is 24.6. The molecule has 1 heterocycles. The average molecular weight is 278 g/mol. The quantitative estimate of drug-likeness (QED) is 0.893. The molecule has 0 aromatic heterocycles. The Kier molecular flexibility index (Phi) is 4.45. The number of imide groups is 1. The number of anilines is 1. The fourth-order valence-corrected chi connectivity index (χ4v) is 2.04. The second kappa shape index (κ2) is 6.27. The molecule has 1 aliphatic heterocycles. The Morgan fingerprint density at radius 2 is 1.95 bits per heavy atom. The molecule has 108 valence electrons. The Bertz CT molecular complexity index is 516. The van der Waals surface area contributed by atoms with Gasteiger partial charge in [-0.3, -0.25) is 15.0 Å². The van der Waals surface area contributed by atoms with Crippen LogP contribution in [0.25, 0.3) is 0 Å². The van der Waals surface area contributed by atoms with Crippen LogP contribution in [0, 0.1) is 0 Å². The van der Waals surface area contributed by atoms with E-state index in [1.54, 1.807) is 18.2 Å². The van der Waals surface area contributed by atoms with E-state index in [2.05, 4.69) is 5.32 Å². The largest absolute Gasteiger partial charge is 0.494 e. The van der Waals surface area contributed by atoms with Crippen molar-refractivity contribution in [1.82, 2.24) is 5.32 Å². The first-order valence-electron chi connectivity index (χ1n) is 6.66. The summed E-state index contributed by atoms with van der Waals surface area (Å²) in [5.74, 6) is 1.00. The van der Waals surface area contributed by atoms with Crippen molar-refractivity contribution < 1.29 is 19.1 Å². The van der Waals surface area contributed by atoms with Gasteiger partial charge in [-0.25, -0.2) is 4.79 Å². The molecule has 0 spiro atoms. The first-order chi connectivity index (χ1) is 9.65. The van der Waals surface area contributed by atoms with Gasteiger partial charge >= 0.3 is 6.03 Å². The number of hydrogen-bond donors (Lipinski definition) is 1. The Morgan fingerprint density at radius 1 is 1.20 bits per heavy atom. The number of amides is 3. The van der Waals surface area contributed by atoms with Crippen molar-refractivity contribution in [1.29, 1.82) is 0 Å². The molecule has 1 fully saturated rings. The molecule has 6 nitrogen and oxygen atoms in total. The third-order valence-corrected chi connectivity index (χ3v) is 2.89. The van der Waals surface area contributed by atoms with E-state index in [0.29, 0.717) is 36.9 Å². The van der Waals surface area contributed by atoms with Crippen LogP contribution in [-0.4, -0.2) is 31.7 Å². The molecule has 1 aromatic rings. The van der Waals surface area contributed by atoms with Gasteiger partial charge in [-0.15, -0.1) is 0 Å². The minimum atomic E-state index is -0.434. The molecule has 1 aliphatic rings. The molecular weight excluding hydrogens is 260 g/mol. The predicted octanol–water partition coefficient (Wildman–Crippen LogP) is 1.93. The summed E-state index contributed by atoms with van der Waals surface area (Å²) in [6.07, 6.45) is 0.274. The predicted molar refractivity (Wildman–Crippen MR) is 74.3 cm³/mol. The molecular formula is C14H18N2O4. The highest BCUT2D eigenvalue weighted by Gasteiger charge is 2.26. The summed E-state index contributed by atoms with van der Waals surface area (Å²) >= 11 is 0. The number of hydrogen-bond acceptors (Lipinski definition) is 4. The second-order valence-corrected chi connectivity index (χ2v) is 4.25. The molecule has 2 rings (SSSR count). The number of carbonyl (C=O) groups is 2. The number of urea groups is 1. The third kappa shape index (κ3) is 3.01. The maximum Gasteiger partial charge on any atom is 0.328 e. The van der Waals surface area contributed by atoms with E-state index in [0.717, 1.165) is 0 Å². The molecule has 6 heteroatoms. The first-order valence-corrected chi connectivity index (χ1v) is 6.66. The van der Waals surface area contributed by atoms with Crippen molar-refractivity contribution in [3.05, 3.63) is 18.2 Å². The van der Waals surface area contributed by atoms with Crippen LogP contribution in [0.2, 0.25) is 0 Å². The minimum Gasteiger partial charge on any atom is -0.494 e. The lowest BCUT2D eigenvalue weighted by Crippen LogP contribution is -2.49. The van der Waals surface area contributed by atoms with E-state index >= 15 is 0 Å². The van der Waals surface area contributed by atoms with Crippen LogP contribution in [0.5, 0.6) is 11.5 Å². The molecule has 3 amide bonds. The monoisotopic (exact) mass is 278 g/mol. The van der Waals surface area contributed by atoms with Crippen molar-refractivity contribution >= 4 is 17.6 Å². The van der Waals surface area contributed by atoms with E-state index in [4.69, 9.17) is 9.47 Å². The lowest BCUT2D eigenvalue weighted by atomic mass is 10.2. The van der Waals surface area contributed by atoms with Gasteiger partial charge in [0.05, 0.1) is 18.9 Å². The molecule has 0 unspecified atom stereocenters. The lowest BCUT2D eigenvalue weighted by Gasteiger charge is -2.28. The van der Waals surface area contributed by atoms with E-state index in [-0.39, 0.29) is 12.3 Å². The van der Waals surface area contributed by atoms with Gasteiger partial charge in [0.1, 0.15) is 11.5 Å². The Hall–Kier alpha value is -2.24. The minimum absolute atomic E-state index is 0.259. The van der Waals surface area contributed by atoms with Crippen LogP contribution in [0.4, 0.5) is 10.5 Å². The summed E-state index contributed by atoms with van der Waals surface area (Å²) in [5, 5.41) is 2.30. The number of benzene rings is 1. The molecule has 0 atom stereocenters. The van der Waals surface area contributed by atoms with Crippen LogP contribution >= 0.6 is 0 Å². The van der Waals surface area contributed by atoms with Crippen LogP contribution < -0.4 is 19.7 Å². The molecule has 20 heavy (non-hydrogen) atoms. The Labute approximate surface area is 117 Å². The van der Waals surface area contributed by atoms with Gasteiger partial charge < -0.3 is 9.47 Å². The van der Waals surface area contributed by atoms with Gasteiger partial charge in [0.15, 0.2) is 0 Å². The topological polar surface area (TPSA) is 67.9 Å². The van der Waals surface area contributed by atoms with E-state index in [9.17, 15) is 9.59 Å². The van der Waals surface area contributed by atoms with Crippen LogP contribution in [-0.2, 0) is 4.79 Å². The van der Waals surface area contributed by atoms with Crippen molar-refractivity contribution in [3.63, 3.8) is 0 Å². The highest BCUT2D eigenvalue weighted by molar-refractivity contribution is 6.06. The maximum atomic E-state index is 11.9. The van der Waals surface area contributed by atoms with Crippen molar-refractivity contribution in [3.8, 4) is 11.5 Å². The number of carbonyl (C=O) groups excluding carboxylic acids is 2. The van der Waals surface area contributed by atoms with Gasteiger partial charge in [0.2, 0.25) is 5.91 Å². The van der Waals surface area contributed by atoms with Gasteiger partial charge in [0.25, 0.3) is 0 Å². The highest BCUT2D eigenvalue weighted by Crippen LogP contribution is 2.33. The van der Waals surface area contributed by atoms with E-state index in [1.807, 2.05) is 13.8 Å². The van der Waals surface area contributed by atoms with Crippen molar-refractivity contribution in [2.75, 3.05) is 24.7 Å². The van der Waals surface area contributed by atoms with Gasteiger partial charge in [0, 0.05) is 19.0 Å². The van der Waals surface area contributed by atoms with Crippen molar-refractivity contribution in [2.45, 2.75) is 20.3 Å². The first kappa shape index (κ1) is 14.2. The highest BCUT2D eigenvalue weighted by atomic mass is 16.5. The van der Waals surface area contributed by atoms with Gasteiger partial charge in [-0.1, -0.05) is 0 Å². The standard InChI is InChI=1S/C14H18N2O4/c1-3-19-10-5-6-12(20-4-2)11(9-10)16-8-7-13(17)15-14(16)18/h5-6,9H,3-4,7-8H2,1-2H3,(H,15,17,18). The number of rotatable bonds is 5. The van der Waals surface area contributed by atoms with Crippen LogP contribution in [0.3, 0.4) is 0 Å². The zero-order chi connectivity index (χ0) is 14.5. The normalized spacial score (nSPS) is 15.0. The van der Waals surface area contributed by atoms with E-state index < -0.39 is 6.03 Å². The maximum absolute atomic E-state index is 11.9. The Morgan fingerprint density at radius 3 is 2.60 bits per heavy atom. The molecule has 1 N–H and O–H groups in total. The summed E-state index contributed by atoms with van der Waals surface area (Å²) in [6, 6.07) is 4.89. The van der Waals surface area contributed by atoms with Crippen LogP contribution in [0.15, 0.2) is 18.2 Å². The SMILES string of the molecule is CCOc1ccc(OCC)c(N2CCC(=O)NC2=O)c1. The zero-order valence-corrected chi connectivity index (χ0v) is 11.6. The summed E-state index contributed by atoms with van der Waals surface area (Å²) in [7, 11) is 0. The van der Waals surface area contributed by atoms with Crippen LogP contribution in [0.1, 0.15) is 20.3 Å². The molecule has 0 radical (unpaired) electrons. The van der Waals surface area contributed by atoms with E-state index in [1.165, 1.54) is 4.90 Å². The summed E-state index contributed by atoms with van der Waals surface area (Å²) < 4.78 is 11.0. The molecule has 0 aliphatic carbocycles. The fraction of sp³-hybridized carbons (Fsp3) is 0.429. The molecule has 0 bridgehead atoms. The fourth-order valence-electron chi connectivity index (χ4n) is 2.04. The molecule has 0 saturated carbocycles. The zero-order valence-electron chi connectivity index (χ0n) is 11.6. The molecule has 1 aromatic carbocycles. The smallest absolute Gasteiger partial charge is 0.328 e. The van der Waals surface area contributed by atoms with Gasteiger partial charge in [-0.05, 0) is 26.0 Å². The number of nitrogens with one attached hydrogen (secondary N) is 1.